The Kier molecular flexibility index (Phi) is 6.49. The molecule has 1 N–H and O–H groups in total. The third-order valence-electron chi connectivity index (χ3n) is 2.34. The Morgan fingerprint density at radius 1 is 1.07 bits per heavy atom. The third kappa shape index (κ3) is 4.67. The van der Waals surface area contributed by atoms with Crippen LogP contribution in [0.3, 0.4) is 0 Å². The van der Waals surface area contributed by atoms with Crippen molar-refractivity contribution in [2.24, 2.45) is 0 Å². The molecule has 0 aliphatic rings. The Balaban J connectivity index is 3.94. The van der Waals surface area contributed by atoms with Gasteiger partial charge in [-0.3, -0.25) is 4.79 Å². The van der Waals surface area contributed by atoms with Gasteiger partial charge in [0.25, 0.3) is 0 Å². The zero-order valence-electron chi connectivity index (χ0n) is 10.0. The van der Waals surface area contributed by atoms with Crippen molar-refractivity contribution in [1.29, 1.82) is 0 Å². The van der Waals surface area contributed by atoms with Gasteiger partial charge in [0.2, 0.25) is 5.91 Å². The zero-order chi connectivity index (χ0) is 11.8. The topological polar surface area (TPSA) is 52.7 Å². The molecule has 0 rings (SSSR count). The maximum Gasteiger partial charge on any atom is 0.317 e. The first-order chi connectivity index (χ1) is 7.06. The molecule has 0 aliphatic carbocycles. The molecule has 0 aromatic heterocycles. The number of hydrogen-bond donors (Lipinski definition) is 1. The molecule has 0 aromatic carbocycles. The summed E-state index contributed by atoms with van der Waals surface area (Å²) in [4.78, 5) is 26.0. The minimum absolute atomic E-state index is 0.0691. The van der Waals surface area contributed by atoms with Crippen molar-refractivity contribution in [2.45, 2.75) is 20.8 Å². The number of likely N-dealkylation sites (N-methyl/N-ethyl adjacent to an activating group) is 1. The van der Waals surface area contributed by atoms with Crippen molar-refractivity contribution in [1.82, 2.24) is 15.1 Å². The van der Waals surface area contributed by atoms with Crippen LogP contribution in [0.25, 0.3) is 0 Å². The highest BCUT2D eigenvalue weighted by molar-refractivity contribution is 5.83. The lowest BCUT2D eigenvalue weighted by atomic mass is 10.5. The van der Waals surface area contributed by atoms with E-state index in [1.165, 1.54) is 0 Å². The fraction of sp³-hybridized carbons (Fsp3) is 0.800. The Labute approximate surface area is 91.4 Å². The minimum Gasteiger partial charge on any atom is -0.345 e. The van der Waals surface area contributed by atoms with Crippen molar-refractivity contribution >= 4 is 11.9 Å². The van der Waals surface area contributed by atoms with Crippen LogP contribution in [-0.4, -0.2) is 55.0 Å². The number of nitrogens with zero attached hydrogens (tertiary/aromatic N) is 2. The molecule has 0 aromatic rings. The van der Waals surface area contributed by atoms with E-state index in [1.807, 2.05) is 20.8 Å². The summed E-state index contributed by atoms with van der Waals surface area (Å²) in [5.41, 5.74) is 0. The van der Waals surface area contributed by atoms with Gasteiger partial charge in [-0.25, -0.2) is 4.79 Å². The van der Waals surface area contributed by atoms with Crippen LogP contribution in [0.1, 0.15) is 20.8 Å². The molecule has 0 radical (unpaired) electrons. The first-order valence-electron chi connectivity index (χ1n) is 5.33. The molecule has 3 amide bonds. The second-order valence-electron chi connectivity index (χ2n) is 3.24. The van der Waals surface area contributed by atoms with Gasteiger partial charge in [0, 0.05) is 26.7 Å². The molecular formula is C10H21N3O2. The molecule has 0 heterocycles. The summed E-state index contributed by atoms with van der Waals surface area (Å²) in [6.45, 7) is 7.73. The molecule has 5 nitrogen and oxygen atoms in total. The number of carbonyl (C=O) groups excluding carboxylic acids is 2. The summed E-state index contributed by atoms with van der Waals surface area (Å²) in [5, 5.41) is 2.60. The fourth-order valence-corrected chi connectivity index (χ4v) is 1.09. The molecule has 0 saturated heterocycles. The molecule has 0 saturated carbocycles. The van der Waals surface area contributed by atoms with Gasteiger partial charge in [-0.1, -0.05) is 0 Å². The standard InChI is InChI=1S/C10H21N3O2/c1-5-12(4)9(14)8-11-10(15)13(6-2)7-3/h5-8H2,1-4H3,(H,11,15). The zero-order valence-corrected chi connectivity index (χ0v) is 10.0. The number of carbonyl (C=O) groups is 2. The van der Waals surface area contributed by atoms with Crippen molar-refractivity contribution in [3.63, 3.8) is 0 Å². The summed E-state index contributed by atoms with van der Waals surface area (Å²) < 4.78 is 0. The summed E-state index contributed by atoms with van der Waals surface area (Å²) in [7, 11) is 1.71. The third-order valence-corrected chi connectivity index (χ3v) is 2.34. The van der Waals surface area contributed by atoms with Crippen LogP contribution >= 0.6 is 0 Å². The number of nitrogens with one attached hydrogen (secondary N) is 1. The van der Waals surface area contributed by atoms with Crippen molar-refractivity contribution in [3.05, 3.63) is 0 Å². The summed E-state index contributed by atoms with van der Waals surface area (Å²) in [6, 6.07) is -0.183. The van der Waals surface area contributed by atoms with E-state index < -0.39 is 0 Å². The Morgan fingerprint density at radius 3 is 2.00 bits per heavy atom. The highest BCUT2D eigenvalue weighted by Gasteiger charge is 2.12. The second kappa shape index (κ2) is 7.09. The number of urea groups is 1. The lowest BCUT2D eigenvalue weighted by Crippen LogP contribution is -2.44. The first kappa shape index (κ1) is 13.7. The van der Waals surface area contributed by atoms with E-state index in [0.717, 1.165) is 0 Å². The Bertz CT molecular complexity index is 215. The van der Waals surface area contributed by atoms with Crippen LogP contribution in [0.4, 0.5) is 4.79 Å². The van der Waals surface area contributed by atoms with Gasteiger partial charge in [0.1, 0.15) is 0 Å². The second-order valence-corrected chi connectivity index (χ2v) is 3.24. The van der Waals surface area contributed by atoms with E-state index in [2.05, 4.69) is 5.32 Å². The minimum atomic E-state index is -0.183. The van der Waals surface area contributed by atoms with Gasteiger partial charge in [0.05, 0.1) is 6.54 Å². The van der Waals surface area contributed by atoms with Crippen molar-refractivity contribution < 1.29 is 9.59 Å². The van der Waals surface area contributed by atoms with E-state index in [1.54, 1.807) is 16.8 Å². The maximum atomic E-state index is 11.5. The SMILES string of the molecule is CCN(C)C(=O)CNC(=O)N(CC)CC. The Hall–Kier alpha value is -1.26. The van der Waals surface area contributed by atoms with E-state index in [0.29, 0.717) is 19.6 Å². The van der Waals surface area contributed by atoms with Gasteiger partial charge < -0.3 is 15.1 Å². The van der Waals surface area contributed by atoms with E-state index in [9.17, 15) is 9.59 Å². The summed E-state index contributed by atoms with van der Waals surface area (Å²) in [6.07, 6.45) is 0. The highest BCUT2D eigenvalue weighted by Crippen LogP contribution is 1.88. The van der Waals surface area contributed by atoms with Crippen LogP contribution in [0.15, 0.2) is 0 Å². The van der Waals surface area contributed by atoms with E-state index in [-0.39, 0.29) is 18.5 Å². The molecule has 5 heteroatoms. The smallest absolute Gasteiger partial charge is 0.317 e. The van der Waals surface area contributed by atoms with Crippen LogP contribution < -0.4 is 5.32 Å². The number of amides is 3. The quantitative estimate of drug-likeness (QED) is 0.726. The van der Waals surface area contributed by atoms with Gasteiger partial charge in [-0.15, -0.1) is 0 Å². The Morgan fingerprint density at radius 2 is 1.60 bits per heavy atom. The van der Waals surface area contributed by atoms with Crippen LogP contribution in [0.2, 0.25) is 0 Å². The van der Waals surface area contributed by atoms with Crippen LogP contribution in [-0.2, 0) is 4.79 Å². The number of rotatable bonds is 5. The lowest BCUT2D eigenvalue weighted by Gasteiger charge is -2.20. The van der Waals surface area contributed by atoms with Gasteiger partial charge in [-0.2, -0.15) is 0 Å². The average molecular weight is 215 g/mol. The van der Waals surface area contributed by atoms with Gasteiger partial charge >= 0.3 is 6.03 Å². The molecule has 0 unspecified atom stereocenters. The van der Waals surface area contributed by atoms with Crippen LogP contribution in [0, 0.1) is 0 Å². The van der Waals surface area contributed by atoms with Gasteiger partial charge in [0.15, 0.2) is 0 Å². The van der Waals surface area contributed by atoms with Crippen molar-refractivity contribution in [2.75, 3.05) is 33.2 Å². The molecule has 0 fully saturated rings. The first-order valence-corrected chi connectivity index (χ1v) is 5.33. The van der Waals surface area contributed by atoms with Crippen molar-refractivity contribution in [3.8, 4) is 0 Å². The lowest BCUT2D eigenvalue weighted by molar-refractivity contribution is -0.128. The predicted octanol–water partition coefficient (Wildman–Crippen LogP) is 0.516. The molecule has 15 heavy (non-hydrogen) atoms. The fourth-order valence-electron chi connectivity index (χ4n) is 1.09. The molecule has 0 atom stereocenters. The average Bonchev–Trinajstić information content (AvgIpc) is 2.26. The van der Waals surface area contributed by atoms with E-state index >= 15 is 0 Å². The van der Waals surface area contributed by atoms with E-state index in [4.69, 9.17) is 0 Å². The van der Waals surface area contributed by atoms with Gasteiger partial charge in [-0.05, 0) is 20.8 Å². The highest BCUT2D eigenvalue weighted by atomic mass is 16.2. The molecular weight excluding hydrogens is 194 g/mol. The molecule has 0 aliphatic heterocycles. The molecule has 0 bridgehead atoms. The summed E-state index contributed by atoms with van der Waals surface area (Å²) in [5.74, 6) is -0.0713. The molecule has 88 valence electrons. The molecule has 0 spiro atoms. The summed E-state index contributed by atoms with van der Waals surface area (Å²) >= 11 is 0. The number of hydrogen-bond acceptors (Lipinski definition) is 2. The van der Waals surface area contributed by atoms with Crippen LogP contribution in [0.5, 0.6) is 0 Å². The normalized spacial score (nSPS) is 9.60. The largest absolute Gasteiger partial charge is 0.345 e. The maximum absolute atomic E-state index is 11.5. The predicted molar refractivity (Wildman–Crippen MR) is 59.6 cm³/mol. The monoisotopic (exact) mass is 215 g/mol.